The molecule has 1 aromatic heterocycles. The predicted octanol–water partition coefficient (Wildman–Crippen LogP) is 4.15. The van der Waals surface area contributed by atoms with Crippen LogP contribution < -0.4 is 14.8 Å². The average Bonchev–Trinajstić information content (AvgIpc) is 3.36. The van der Waals surface area contributed by atoms with Crippen LogP contribution in [0.4, 0.5) is 5.69 Å². The number of carbonyl (C=O) groups excluding carboxylic acids is 2. The summed E-state index contributed by atoms with van der Waals surface area (Å²) in [5.41, 5.74) is 3.68. The molecule has 7 heteroatoms. The first kappa shape index (κ1) is 21.2. The fourth-order valence-electron chi connectivity index (χ4n) is 3.68. The maximum atomic E-state index is 12.6. The minimum atomic E-state index is -0.251. The highest BCUT2D eigenvalue weighted by Crippen LogP contribution is 2.28. The van der Waals surface area contributed by atoms with Crippen molar-refractivity contribution in [1.29, 1.82) is 0 Å². The number of nitrogens with one attached hydrogen (secondary N) is 1. The number of carbonyl (C=O) groups is 2. The lowest BCUT2D eigenvalue weighted by molar-refractivity contribution is -0.111. The molecule has 3 aromatic rings. The molecule has 4 rings (SSSR count). The molecule has 0 bridgehead atoms. The van der Waals surface area contributed by atoms with E-state index in [4.69, 9.17) is 13.9 Å². The highest BCUT2D eigenvalue weighted by Gasteiger charge is 2.23. The molecular weight excluding hydrogens is 408 g/mol. The minimum absolute atomic E-state index is 0.132. The van der Waals surface area contributed by atoms with Crippen molar-refractivity contribution in [2.45, 2.75) is 13.0 Å². The minimum Gasteiger partial charge on any atom is -0.493 e. The lowest BCUT2D eigenvalue weighted by atomic mass is 9.99. The molecule has 164 valence electrons. The first-order valence-corrected chi connectivity index (χ1v) is 10.2. The van der Waals surface area contributed by atoms with Gasteiger partial charge in [0.05, 0.1) is 20.5 Å². The van der Waals surface area contributed by atoms with Gasteiger partial charge in [0.25, 0.3) is 5.91 Å². The van der Waals surface area contributed by atoms with Crippen molar-refractivity contribution in [2.75, 3.05) is 26.1 Å². The molecule has 0 unspecified atom stereocenters. The summed E-state index contributed by atoms with van der Waals surface area (Å²) in [5, 5.41) is 2.88. The van der Waals surface area contributed by atoms with Gasteiger partial charge in [-0.25, -0.2) is 0 Å². The molecule has 7 nitrogen and oxygen atoms in total. The van der Waals surface area contributed by atoms with Gasteiger partial charge in [-0.05, 0) is 65.6 Å². The van der Waals surface area contributed by atoms with E-state index < -0.39 is 0 Å². The summed E-state index contributed by atoms with van der Waals surface area (Å²) in [6, 6.07) is 14.6. The number of hydrogen-bond acceptors (Lipinski definition) is 5. The van der Waals surface area contributed by atoms with Crippen molar-refractivity contribution in [3.05, 3.63) is 83.3 Å². The van der Waals surface area contributed by atoms with Gasteiger partial charge in [0.2, 0.25) is 5.91 Å². The third kappa shape index (κ3) is 4.67. The molecule has 1 aliphatic rings. The molecule has 0 radical (unpaired) electrons. The Hall–Kier alpha value is -4.00. The van der Waals surface area contributed by atoms with E-state index >= 15 is 0 Å². The maximum Gasteiger partial charge on any atom is 0.289 e. The number of benzene rings is 2. The van der Waals surface area contributed by atoms with Gasteiger partial charge in [0.1, 0.15) is 0 Å². The largest absolute Gasteiger partial charge is 0.493 e. The van der Waals surface area contributed by atoms with Crippen molar-refractivity contribution in [3.63, 3.8) is 0 Å². The Kier molecular flexibility index (Phi) is 6.26. The van der Waals surface area contributed by atoms with Crippen molar-refractivity contribution in [1.82, 2.24) is 4.90 Å². The first-order valence-electron chi connectivity index (χ1n) is 10.2. The molecule has 32 heavy (non-hydrogen) atoms. The molecule has 0 spiro atoms. The van der Waals surface area contributed by atoms with Gasteiger partial charge in [0, 0.05) is 24.9 Å². The third-order valence-corrected chi connectivity index (χ3v) is 5.34. The third-order valence-electron chi connectivity index (χ3n) is 5.34. The van der Waals surface area contributed by atoms with Crippen LogP contribution in [-0.2, 0) is 17.8 Å². The van der Waals surface area contributed by atoms with Crippen molar-refractivity contribution >= 4 is 23.6 Å². The van der Waals surface area contributed by atoms with Crippen LogP contribution in [0.3, 0.4) is 0 Å². The molecule has 1 N–H and O–H groups in total. The summed E-state index contributed by atoms with van der Waals surface area (Å²) in [4.78, 5) is 26.8. The smallest absolute Gasteiger partial charge is 0.289 e. The van der Waals surface area contributed by atoms with E-state index in [1.807, 2.05) is 24.3 Å². The first-order chi connectivity index (χ1) is 15.6. The number of rotatable bonds is 6. The lowest BCUT2D eigenvalue weighted by Gasteiger charge is -2.28. The van der Waals surface area contributed by atoms with Crippen LogP contribution in [0.1, 0.15) is 27.2 Å². The average molecular weight is 432 g/mol. The SMILES string of the molecule is COc1ccc(/C=C/C(=O)Nc2ccc3c(c2)CN(C(=O)c2ccco2)CC3)cc1OC. The van der Waals surface area contributed by atoms with Crippen molar-refractivity contribution in [3.8, 4) is 11.5 Å². The fourth-order valence-corrected chi connectivity index (χ4v) is 3.68. The van der Waals surface area contributed by atoms with Crippen molar-refractivity contribution < 1.29 is 23.5 Å². The van der Waals surface area contributed by atoms with Gasteiger partial charge < -0.3 is 24.1 Å². The predicted molar refractivity (Wildman–Crippen MR) is 121 cm³/mol. The highest BCUT2D eigenvalue weighted by molar-refractivity contribution is 6.02. The number of methoxy groups -OCH3 is 2. The van der Waals surface area contributed by atoms with E-state index in [1.165, 1.54) is 17.9 Å². The molecule has 0 aliphatic carbocycles. The molecular formula is C25H24N2O5. The van der Waals surface area contributed by atoms with Crippen molar-refractivity contribution in [2.24, 2.45) is 0 Å². The summed E-state index contributed by atoms with van der Waals surface area (Å²) in [6.45, 7) is 1.10. The number of amides is 2. The van der Waals surface area contributed by atoms with E-state index in [9.17, 15) is 9.59 Å². The Morgan fingerprint density at radius 2 is 1.88 bits per heavy atom. The Bertz CT molecular complexity index is 1150. The Morgan fingerprint density at radius 1 is 1.03 bits per heavy atom. The van der Waals surface area contributed by atoms with E-state index in [2.05, 4.69) is 5.32 Å². The van der Waals surface area contributed by atoms with Crippen LogP contribution in [0.25, 0.3) is 6.08 Å². The number of anilines is 1. The molecule has 2 aromatic carbocycles. The molecule has 1 aliphatic heterocycles. The number of ether oxygens (including phenoxy) is 2. The monoisotopic (exact) mass is 432 g/mol. The van der Waals surface area contributed by atoms with Gasteiger partial charge in [0.15, 0.2) is 17.3 Å². The second-order valence-electron chi connectivity index (χ2n) is 7.37. The van der Waals surface area contributed by atoms with Gasteiger partial charge in [-0.1, -0.05) is 12.1 Å². The van der Waals surface area contributed by atoms with Gasteiger partial charge in [-0.15, -0.1) is 0 Å². The Morgan fingerprint density at radius 3 is 2.62 bits per heavy atom. The second kappa shape index (κ2) is 9.43. The van der Waals surface area contributed by atoms with Crippen LogP contribution >= 0.6 is 0 Å². The number of hydrogen-bond donors (Lipinski definition) is 1. The van der Waals surface area contributed by atoms with Gasteiger partial charge in [-0.3, -0.25) is 9.59 Å². The molecule has 2 heterocycles. The maximum absolute atomic E-state index is 12.6. The zero-order valence-electron chi connectivity index (χ0n) is 18.0. The van der Waals surface area contributed by atoms with E-state index in [-0.39, 0.29) is 11.8 Å². The van der Waals surface area contributed by atoms with E-state index in [0.717, 1.165) is 17.5 Å². The molecule has 0 atom stereocenters. The zero-order chi connectivity index (χ0) is 22.5. The number of furan rings is 1. The fraction of sp³-hybridized carbons (Fsp3) is 0.200. The zero-order valence-corrected chi connectivity index (χ0v) is 18.0. The van der Waals surface area contributed by atoms with Gasteiger partial charge in [-0.2, -0.15) is 0 Å². The van der Waals surface area contributed by atoms with Gasteiger partial charge >= 0.3 is 0 Å². The summed E-state index contributed by atoms with van der Waals surface area (Å²) < 4.78 is 15.7. The van der Waals surface area contributed by atoms with Crippen LogP contribution in [0, 0.1) is 0 Å². The Balaban J connectivity index is 1.42. The topological polar surface area (TPSA) is 81.0 Å². The van der Waals surface area contributed by atoms with Crippen LogP contribution in [-0.4, -0.2) is 37.5 Å². The second-order valence-corrected chi connectivity index (χ2v) is 7.37. The molecule has 0 fully saturated rings. The number of nitrogens with zero attached hydrogens (tertiary/aromatic N) is 1. The normalized spacial score (nSPS) is 13.0. The summed E-state index contributed by atoms with van der Waals surface area (Å²) in [7, 11) is 3.14. The molecule has 0 saturated heterocycles. The molecule has 2 amide bonds. The summed E-state index contributed by atoms with van der Waals surface area (Å²) in [5.74, 6) is 1.17. The quantitative estimate of drug-likeness (QED) is 0.592. The van der Waals surface area contributed by atoms with Crippen LogP contribution in [0.5, 0.6) is 11.5 Å². The highest BCUT2D eigenvalue weighted by atomic mass is 16.5. The van der Waals surface area contributed by atoms with Crippen LogP contribution in [0.15, 0.2) is 65.3 Å². The van der Waals surface area contributed by atoms with E-state index in [0.29, 0.717) is 36.0 Å². The summed E-state index contributed by atoms with van der Waals surface area (Å²) in [6.07, 6.45) is 5.43. The van der Waals surface area contributed by atoms with Crippen LogP contribution in [0.2, 0.25) is 0 Å². The Labute approximate surface area is 186 Å². The lowest BCUT2D eigenvalue weighted by Crippen LogP contribution is -2.35. The molecule has 0 saturated carbocycles. The standard InChI is InChI=1S/C25H24N2O5/c1-30-21-9-5-17(14-23(21)31-2)6-10-24(28)26-20-8-7-18-11-12-27(16-19(18)15-20)25(29)22-4-3-13-32-22/h3-10,13-15H,11-12,16H2,1-2H3,(H,26,28)/b10-6+. The van der Waals surface area contributed by atoms with E-state index in [1.54, 1.807) is 49.5 Å². The summed E-state index contributed by atoms with van der Waals surface area (Å²) >= 11 is 0. The number of fused-ring (bicyclic) bond motifs is 1.